The van der Waals surface area contributed by atoms with E-state index in [1.54, 1.807) is 26.8 Å². The SMILES string of the molecule is CCOC(=O)C(C)(C#N)C(O)C1COC(C)(C)O1. The quantitative estimate of drug-likeness (QED) is 0.741. The van der Waals surface area contributed by atoms with Gasteiger partial charge in [0, 0.05) is 0 Å². The van der Waals surface area contributed by atoms with E-state index in [0.717, 1.165) is 0 Å². The molecule has 0 aromatic carbocycles. The summed E-state index contributed by atoms with van der Waals surface area (Å²) in [5.41, 5.74) is -1.66. The lowest BCUT2D eigenvalue weighted by Crippen LogP contribution is -2.48. The summed E-state index contributed by atoms with van der Waals surface area (Å²) in [6.07, 6.45) is -2.03. The van der Waals surface area contributed by atoms with Crippen molar-refractivity contribution in [3.63, 3.8) is 0 Å². The van der Waals surface area contributed by atoms with Crippen molar-refractivity contribution in [2.45, 2.75) is 45.7 Å². The molecule has 102 valence electrons. The maximum Gasteiger partial charge on any atom is 0.329 e. The van der Waals surface area contributed by atoms with E-state index in [9.17, 15) is 9.90 Å². The Morgan fingerprint density at radius 1 is 1.72 bits per heavy atom. The first-order chi connectivity index (χ1) is 8.27. The summed E-state index contributed by atoms with van der Waals surface area (Å²) in [5.74, 6) is -1.58. The summed E-state index contributed by atoms with van der Waals surface area (Å²) in [4.78, 5) is 11.8. The molecule has 0 radical (unpaired) electrons. The number of carbonyl (C=O) groups is 1. The van der Waals surface area contributed by atoms with Gasteiger partial charge in [-0.05, 0) is 27.7 Å². The third-order valence-corrected chi connectivity index (χ3v) is 2.91. The number of carbonyl (C=O) groups excluding carboxylic acids is 1. The third kappa shape index (κ3) is 2.80. The van der Waals surface area contributed by atoms with Crippen molar-refractivity contribution in [2.24, 2.45) is 5.41 Å². The van der Waals surface area contributed by atoms with E-state index in [0.29, 0.717) is 0 Å². The predicted octanol–water partition coefficient (Wildman–Crippen LogP) is 0.592. The maximum atomic E-state index is 11.8. The number of esters is 1. The molecular weight excluding hydrogens is 238 g/mol. The Bertz CT molecular complexity index is 362. The zero-order valence-electron chi connectivity index (χ0n) is 11.1. The summed E-state index contributed by atoms with van der Waals surface area (Å²) < 4.78 is 15.6. The summed E-state index contributed by atoms with van der Waals surface area (Å²) in [6, 6.07) is 1.81. The monoisotopic (exact) mass is 257 g/mol. The van der Waals surface area contributed by atoms with Gasteiger partial charge in [-0.3, -0.25) is 4.79 Å². The molecule has 3 unspecified atom stereocenters. The molecule has 18 heavy (non-hydrogen) atoms. The Morgan fingerprint density at radius 2 is 2.33 bits per heavy atom. The number of nitriles is 1. The fourth-order valence-electron chi connectivity index (χ4n) is 1.76. The van der Waals surface area contributed by atoms with Gasteiger partial charge in [0.2, 0.25) is 0 Å². The van der Waals surface area contributed by atoms with Gasteiger partial charge in [-0.15, -0.1) is 0 Å². The van der Waals surface area contributed by atoms with Crippen LogP contribution in [0.3, 0.4) is 0 Å². The molecule has 0 bridgehead atoms. The Hall–Kier alpha value is -1.16. The molecule has 0 saturated carbocycles. The molecule has 1 aliphatic rings. The van der Waals surface area contributed by atoms with Crippen molar-refractivity contribution >= 4 is 5.97 Å². The van der Waals surface area contributed by atoms with Crippen LogP contribution < -0.4 is 0 Å². The van der Waals surface area contributed by atoms with Crippen LogP contribution in [0, 0.1) is 16.7 Å². The Balaban J connectivity index is 2.83. The maximum absolute atomic E-state index is 11.8. The lowest BCUT2D eigenvalue weighted by molar-refractivity contribution is -0.174. The second-order valence-corrected chi connectivity index (χ2v) is 4.85. The zero-order chi connectivity index (χ0) is 14.0. The average Bonchev–Trinajstić information content (AvgIpc) is 2.67. The molecule has 0 spiro atoms. The third-order valence-electron chi connectivity index (χ3n) is 2.91. The van der Waals surface area contributed by atoms with Crippen LogP contribution in [-0.4, -0.2) is 42.3 Å². The average molecular weight is 257 g/mol. The first kappa shape index (κ1) is 14.9. The van der Waals surface area contributed by atoms with Crippen molar-refractivity contribution in [1.82, 2.24) is 0 Å². The van der Waals surface area contributed by atoms with Gasteiger partial charge in [0.1, 0.15) is 12.2 Å². The number of nitrogens with zero attached hydrogens (tertiary/aromatic N) is 1. The number of rotatable bonds is 4. The van der Waals surface area contributed by atoms with Crippen molar-refractivity contribution < 1.29 is 24.1 Å². The fraction of sp³-hybridized carbons (Fsp3) is 0.833. The van der Waals surface area contributed by atoms with E-state index in [1.807, 2.05) is 0 Å². The van der Waals surface area contributed by atoms with Crippen LogP contribution in [0.1, 0.15) is 27.7 Å². The zero-order valence-corrected chi connectivity index (χ0v) is 11.1. The minimum Gasteiger partial charge on any atom is -0.465 e. The van der Waals surface area contributed by atoms with Gasteiger partial charge in [0.25, 0.3) is 0 Å². The van der Waals surface area contributed by atoms with Crippen LogP contribution >= 0.6 is 0 Å². The summed E-state index contributed by atoms with van der Waals surface area (Å²) in [6.45, 7) is 6.66. The van der Waals surface area contributed by atoms with E-state index in [4.69, 9.17) is 19.5 Å². The van der Waals surface area contributed by atoms with Crippen LogP contribution in [-0.2, 0) is 19.0 Å². The van der Waals surface area contributed by atoms with Gasteiger partial charge in [0.05, 0.1) is 19.3 Å². The molecule has 3 atom stereocenters. The van der Waals surface area contributed by atoms with Gasteiger partial charge in [-0.1, -0.05) is 0 Å². The smallest absolute Gasteiger partial charge is 0.329 e. The van der Waals surface area contributed by atoms with Gasteiger partial charge < -0.3 is 19.3 Å². The van der Waals surface area contributed by atoms with Crippen LogP contribution in [0.5, 0.6) is 0 Å². The van der Waals surface area contributed by atoms with Crippen LogP contribution in [0.25, 0.3) is 0 Å². The molecule has 1 rings (SSSR count). The first-order valence-corrected chi connectivity index (χ1v) is 5.85. The molecule has 0 aliphatic carbocycles. The molecule has 1 heterocycles. The Labute approximate surface area is 106 Å². The van der Waals surface area contributed by atoms with E-state index in [-0.39, 0.29) is 13.2 Å². The second-order valence-electron chi connectivity index (χ2n) is 4.85. The standard InChI is InChI=1S/C12H19NO5/c1-5-16-10(15)12(4,7-13)9(14)8-6-17-11(2,3)18-8/h8-9,14H,5-6H2,1-4H3. The summed E-state index contributed by atoms with van der Waals surface area (Å²) in [7, 11) is 0. The molecule has 6 nitrogen and oxygen atoms in total. The molecule has 0 aromatic rings. The lowest BCUT2D eigenvalue weighted by Gasteiger charge is -2.29. The summed E-state index contributed by atoms with van der Waals surface area (Å²) >= 11 is 0. The van der Waals surface area contributed by atoms with Crippen molar-refractivity contribution in [2.75, 3.05) is 13.2 Å². The molecule has 1 fully saturated rings. The highest BCUT2D eigenvalue weighted by molar-refractivity contribution is 5.80. The molecule has 6 heteroatoms. The number of ether oxygens (including phenoxy) is 3. The highest BCUT2D eigenvalue weighted by Crippen LogP contribution is 2.32. The number of aliphatic hydroxyl groups is 1. The highest BCUT2D eigenvalue weighted by Gasteiger charge is 2.50. The van der Waals surface area contributed by atoms with Crippen LogP contribution in [0.4, 0.5) is 0 Å². The number of hydrogen-bond donors (Lipinski definition) is 1. The minimum atomic E-state index is -1.66. The topological polar surface area (TPSA) is 88.8 Å². The van der Waals surface area contributed by atoms with Gasteiger partial charge in [-0.2, -0.15) is 5.26 Å². The van der Waals surface area contributed by atoms with Crippen molar-refractivity contribution in [3.05, 3.63) is 0 Å². The van der Waals surface area contributed by atoms with E-state index in [2.05, 4.69) is 0 Å². The Kier molecular flexibility index (Phi) is 4.32. The normalized spacial score (nSPS) is 27.0. The number of aliphatic hydroxyl groups excluding tert-OH is 1. The molecular formula is C12H19NO5. The van der Waals surface area contributed by atoms with Gasteiger partial charge >= 0.3 is 5.97 Å². The molecule has 0 aromatic heterocycles. The molecule has 1 saturated heterocycles. The lowest BCUT2D eigenvalue weighted by atomic mass is 9.83. The van der Waals surface area contributed by atoms with Crippen LogP contribution in [0.15, 0.2) is 0 Å². The Morgan fingerprint density at radius 3 is 2.72 bits per heavy atom. The van der Waals surface area contributed by atoms with E-state index in [1.165, 1.54) is 6.92 Å². The molecule has 0 amide bonds. The van der Waals surface area contributed by atoms with Crippen molar-refractivity contribution in [3.8, 4) is 6.07 Å². The molecule has 1 aliphatic heterocycles. The highest BCUT2D eigenvalue weighted by atomic mass is 16.7. The van der Waals surface area contributed by atoms with E-state index >= 15 is 0 Å². The summed E-state index contributed by atoms with van der Waals surface area (Å²) in [5, 5.41) is 19.3. The van der Waals surface area contributed by atoms with Gasteiger partial charge in [-0.25, -0.2) is 0 Å². The van der Waals surface area contributed by atoms with Crippen molar-refractivity contribution in [1.29, 1.82) is 5.26 Å². The largest absolute Gasteiger partial charge is 0.465 e. The predicted molar refractivity (Wildman–Crippen MR) is 61.3 cm³/mol. The molecule has 1 N–H and O–H groups in total. The number of hydrogen-bond acceptors (Lipinski definition) is 6. The second kappa shape index (κ2) is 5.22. The van der Waals surface area contributed by atoms with E-state index < -0.39 is 29.4 Å². The minimum absolute atomic E-state index is 0.130. The fourth-order valence-corrected chi connectivity index (χ4v) is 1.76. The van der Waals surface area contributed by atoms with Gasteiger partial charge in [0.15, 0.2) is 11.2 Å². The first-order valence-electron chi connectivity index (χ1n) is 5.85. The van der Waals surface area contributed by atoms with Crippen LogP contribution in [0.2, 0.25) is 0 Å².